The average molecular weight is 236 g/mol. The van der Waals surface area contributed by atoms with Gasteiger partial charge in [-0.3, -0.25) is 9.59 Å². The highest BCUT2D eigenvalue weighted by Crippen LogP contribution is 2.34. The molecule has 0 N–H and O–H groups in total. The predicted octanol–water partition coefficient (Wildman–Crippen LogP) is 1.61. The van der Waals surface area contributed by atoms with Gasteiger partial charge in [-0.15, -0.1) is 0 Å². The fourth-order valence-electron chi connectivity index (χ4n) is 2.33. The number of rotatable bonds is 2. The van der Waals surface area contributed by atoms with Gasteiger partial charge in [-0.2, -0.15) is 5.26 Å². The first-order chi connectivity index (χ1) is 7.70. The van der Waals surface area contributed by atoms with Crippen LogP contribution >= 0.6 is 0 Å². The molecule has 4 heteroatoms. The van der Waals surface area contributed by atoms with Gasteiger partial charge in [0, 0.05) is 6.54 Å². The Bertz CT molecular complexity index is 374. The molecule has 0 bridgehead atoms. The predicted molar refractivity (Wildman–Crippen MR) is 63.9 cm³/mol. The fourth-order valence-corrected chi connectivity index (χ4v) is 2.33. The van der Waals surface area contributed by atoms with Gasteiger partial charge >= 0.3 is 0 Å². The standard InChI is InChI=1S/C13H20N2O2/c1-8(2)7-15-11(13(3,4)5)10(16)9(6-14)12(15)17/h8-9,11H,7H2,1-5H3. The normalized spacial score (nSPS) is 25.6. The Morgan fingerprint density at radius 3 is 2.24 bits per heavy atom. The quantitative estimate of drug-likeness (QED) is 0.684. The Morgan fingerprint density at radius 1 is 1.35 bits per heavy atom. The van der Waals surface area contributed by atoms with E-state index in [1.807, 2.05) is 40.7 Å². The molecular weight excluding hydrogens is 216 g/mol. The maximum Gasteiger partial charge on any atom is 0.248 e. The number of likely N-dealkylation sites (tertiary alicyclic amines) is 1. The second kappa shape index (κ2) is 4.48. The second-order valence-corrected chi connectivity index (χ2v) is 6.12. The number of carbonyl (C=O) groups excluding carboxylic acids is 2. The number of carbonyl (C=O) groups is 2. The van der Waals surface area contributed by atoms with E-state index in [-0.39, 0.29) is 23.0 Å². The van der Waals surface area contributed by atoms with Crippen LogP contribution in [-0.4, -0.2) is 29.2 Å². The van der Waals surface area contributed by atoms with E-state index in [1.165, 1.54) is 0 Å². The van der Waals surface area contributed by atoms with Crippen molar-refractivity contribution in [3.63, 3.8) is 0 Å². The Balaban J connectivity index is 3.11. The summed E-state index contributed by atoms with van der Waals surface area (Å²) < 4.78 is 0. The monoisotopic (exact) mass is 236 g/mol. The Labute approximate surface area is 103 Å². The fraction of sp³-hybridized carbons (Fsp3) is 0.769. The molecule has 1 aliphatic heterocycles. The van der Waals surface area contributed by atoms with Crippen molar-refractivity contribution in [3.8, 4) is 6.07 Å². The topological polar surface area (TPSA) is 61.2 Å². The molecule has 0 aliphatic carbocycles. The van der Waals surface area contributed by atoms with Crippen molar-refractivity contribution in [2.24, 2.45) is 17.3 Å². The molecule has 1 rings (SSSR count). The molecule has 1 saturated heterocycles. The van der Waals surface area contributed by atoms with Gasteiger partial charge in [0.1, 0.15) is 0 Å². The van der Waals surface area contributed by atoms with E-state index < -0.39 is 12.0 Å². The number of nitriles is 1. The summed E-state index contributed by atoms with van der Waals surface area (Å²) in [6, 6.07) is 1.36. The van der Waals surface area contributed by atoms with Crippen LogP contribution in [0.2, 0.25) is 0 Å². The summed E-state index contributed by atoms with van der Waals surface area (Å²) in [6.07, 6.45) is 0. The van der Waals surface area contributed by atoms with Crippen LogP contribution in [0.3, 0.4) is 0 Å². The first-order valence-electron chi connectivity index (χ1n) is 5.94. The summed E-state index contributed by atoms with van der Waals surface area (Å²) in [5.41, 5.74) is -0.326. The minimum atomic E-state index is -1.10. The van der Waals surface area contributed by atoms with Crippen LogP contribution in [0, 0.1) is 28.6 Å². The van der Waals surface area contributed by atoms with Crippen LogP contribution in [-0.2, 0) is 9.59 Å². The largest absolute Gasteiger partial charge is 0.330 e. The molecule has 2 atom stereocenters. The smallest absolute Gasteiger partial charge is 0.248 e. The van der Waals surface area contributed by atoms with E-state index in [1.54, 1.807) is 4.90 Å². The summed E-state index contributed by atoms with van der Waals surface area (Å²) in [4.78, 5) is 25.7. The van der Waals surface area contributed by atoms with Crippen molar-refractivity contribution < 1.29 is 9.59 Å². The molecule has 94 valence electrons. The molecule has 4 nitrogen and oxygen atoms in total. The number of nitrogens with zero attached hydrogens (tertiary/aromatic N) is 2. The summed E-state index contributed by atoms with van der Waals surface area (Å²) in [5, 5.41) is 8.92. The van der Waals surface area contributed by atoms with Crippen LogP contribution in [0.4, 0.5) is 0 Å². The van der Waals surface area contributed by atoms with Crippen LogP contribution in [0.15, 0.2) is 0 Å². The van der Waals surface area contributed by atoms with Gasteiger partial charge in [0.15, 0.2) is 11.7 Å². The lowest BCUT2D eigenvalue weighted by Gasteiger charge is -2.34. The zero-order valence-corrected chi connectivity index (χ0v) is 11.2. The lowest BCUT2D eigenvalue weighted by atomic mass is 9.83. The van der Waals surface area contributed by atoms with Crippen LogP contribution in [0.25, 0.3) is 0 Å². The lowest BCUT2D eigenvalue weighted by molar-refractivity contribution is -0.132. The van der Waals surface area contributed by atoms with Gasteiger partial charge in [-0.25, -0.2) is 0 Å². The van der Waals surface area contributed by atoms with Crippen molar-refractivity contribution >= 4 is 11.7 Å². The molecule has 0 aromatic carbocycles. The molecule has 2 unspecified atom stereocenters. The number of amides is 1. The highest BCUT2D eigenvalue weighted by atomic mass is 16.2. The summed E-state index contributed by atoms with van der Waals surface area (Å²) in [7, 11) is 0. The lowest BCUT2D eigenvalue weighted by Crippen LogP contribution is -2.46. The van der Waals surface area contributed by atoms with Crippen molar-refractivity contribution in [3.05, 3.63) is 0 Å². The number of ketones is 1. The summed E-state index contributed by atoms with van der Waals surface area (Å²) >= 11 is 0. The highest BCUT2D eigenvalue weighted by Gasteiger charge is 2.51. The van der Waals surface area contributed by atoms with Crippen LogP contribution in [0.5, 0.6) is 0 Å². The molecule has 0 aromatic heterocycles. The van der Waals surface area contributed by atoms with Crippen LogP contribution < -0.4 is 0 Å². The number of hydrogen-bond acceptors (Lipinski definition) is 3. The third-order valence-corrected chi connectivity index (χ3v) is 2.91. The molecule has 1 heterocycles. The molecule has 1 fully saturated rings. The van der Waals surface area contributed by atoms with Crippen molar-refractivity contribution in [1.82, 2.24) is 4.90 Å². The van der Waals surface area contributed by atoms with Gasteiger partial charge < -0.3 is 4.90 Å². The van der Waals surface area contributed by atoms with Crippen molar-refractivity contribution in [2.75, 3.05) is 6.54 Å². The van der Waals surface area contributed by atoms with E-state index in [9.17, 15) is 9.59 Å². The summed E-state index contributed by atoms with van der Waals surface area (Å²) in [5.74, 6) is -1.39. The molecule has 0 saturated carbocycles. The van der Waals surface area contributed by atoms with Gasteiger partial charge in [-0.05, 0) is 11.3 Å². The minimum Gasteiger partial charge on any atom is -0.330 e. The van der Waals surface area contributed by atoms with Gasteiger partial charge in [0.2, 0.25) is 5.91 Å². The van der Waals surface area contributed by atoms with Crippen molar-refractivity contribution in [2.45, 2.75) is 40.7 Å². The molecular formula is C13H20N2O2. The SMILES string of the molecule is CC(C)CN1C(=O)C(C#N)C(=O)C1C(C)(C)C. The molecule has 0 spiro atoms. The Kier molecular flexibility index (Phi) is 3.61. The van der Waals surface area contributed by atoms with Crippen LogP contribution in [0.1, 0.15) is 34.6 Å². The third-order valence-electron chi connectivity index (χ3n) is 2.91. The number of Topliss-reactive ketones (excluding diaryl/α,β-unsaturated/α-hetero) is 1. The van der Waals surface area contributed by atoms with E-state index in [0.29, 0.717) is 6.54 Å². The molecule has 17 heavy (non-hydrogen) atoms. The zero-order valence-electron chi connectivity index (χ0n) is 11.2. The second-order valence-electron chi connectivity index (χ2n) is 6.12. The molecule has 0 aromatic rings. The highest BCUT2D eigenvalue weighted by molar-refractivity contribution is 6.12. The Hall–Kier alpha value is -1.37. The zero-order chi connectivity index (χ0) is 13.4. The molecule has 1 aliphatic rings. The average Bonchev–Trinajstić information content (AvgIpc) is 2.36. The maximum absolute atomic E-state index is 12.1. The molecule has 1 amide bonds. The van der Waals surface area contributed by atoms with Gasteiger partial charge in [0.25, 0.3) is 0 Å². The third kappa shape index (κ3) is 2.49. The first-order valence-corrected chi connectivity index (χ1v) is 5.94. The van der Waals surface area contributed by atoms with Gasteiger partial charge in [-0.1, -0.05) is 34.6 Å². The minimum absolute atomic E-state index is 0.245. The first kappa shape index (κ1) is 13.7. The maximum atomic E-state index is 12.1. The van der Waals surface area contributed by atoms with E-state index in [4.69, 9.17) is 5.26 Å². The van der Waals surface area contributed by atoms with E-state index >= 15 is 0 Å². The Morgan fingerprint density at radius 2 is 1.88 bits per heavy atom. The van der Waals surface area contributed by atoms with E-state index in [0.717, 1.165) is 0 Å². The van der Waals surface area contributed by atoms with Gasteiger partial charge in [0.05, 0.1) is 12.1 Å². The summed E-state index contributed by atoms with van der Waals surface area (Å²) in [6.45, 7) is 10.3. The number of hydrogen-bond donors (Lipinski definition) is 0. The molecule has 0 radical (unpaired) electrons. The van der Waals surface area contributed by atoms with E-state index in [2.05, 4.69) is 0 Å². The van der Waals surface area contributed by atoms with Crippen molar-refractivity contribution in [1.29, 1.82) is 5.26 Å².